The summed E-state index contributed by atoms with van der Waals surface area (Å²) in [5.74, 6) is 0. The van der Waals surface area contributed by atoms with Gasteiger partial charge >= 0.3 is 0 Å². The van der Waals surface area contributed by atoms with E-state index in [1.807, 2.05) is 0 Å². The Bertz CT molecular complexity index is 713. The Kier molecular flexibility index (Phi) is 3.87. The fraction of sp³-hybridized carbons (Fsp3) is 0. The quantitative estimate of drug-likeness (QED) is 0.882. The molecule has 2 aromatic rings. The first-order valence-corrected chi connectivity index (χ1v) is 7.21. The minimum atomic E-state index is -3.77. The zero-order valence-corrected chi connectivity index (χ0v) is 11.3. The summed E-state index contributed by atoms with van der Waals surface area (Å²) in [7, 11) is -3.77. The highest BCUT2D eigenvalue weighted by Crippen LogP contribution is 2.23. The van der Waals surface area contributed by atoms with Crippen molar-refractivity contribution in [1.29, 1.82) is 0 Å². The fourth-order valence-electron chi connectivity index (χ4n) is 1.55. The van der Waals surface area contributed by atoms with Gasteiger partial charge in [-0.05, 0) is 24.3 Å². The Hall–Kier alpha value is -1.85. The summed E-state index contributed by atoms with van der Waals surface area (Å²) in [5.41, 5.74) is 0.698. The highest BCUT2D eigenvalue weighted by atomic mass is 35.5. The lowest BCUT2D eigenvalue weighted by molar-refractivity contribution is 0.112. The van der Waals surface area contributed by atoms with Crippen molar-refractivity contribution in [2.75, 3.05) is 4.72 Å². The normalized spacial score (nSPS) is 11.0. The van der Waals surface area contributed by atoms with Crippen molar-refractivity contribution < 1.29 is 13.2 Å². The summed E-state index contributed by atoms with van der Waals surface area (Å²) < 4.78 is 26.7. The van der Waals surface area contributed by atoms with Gasteiger partial charge in [0.15, 0.2) is 0 Å². The van der Waals surface area contributed by atoms with E-state index in [1.165, 1.54) is 18.2 Å². The van der Waals surface area contributed by atoms with Crippen LogP contribution in [0.4, 0.5) is 5.69 Å². The number of rotatable bonds is 4. The van der Waals surface area contributed by atoms with E-state index in [9.17, 15) is 13.2 Å². The molecule has 0 heterocycles. The van der Waals surface area contributed by atoms with Crippen molar-refractivity contribution in [1.82, 2.24) is 0 Å². The summed E-state index contributed by atoms with van der Waals surface area (Å²) in [5, 5.41) is 0.140. The number of anilines is 1. The van der Waals surface area contributed by atoms with E-state index in [-0.39, 0.29) is 9.92 Å². The molecule has 0 spiro atoms. The molecule has 6 heteroatoms. The first-order chi connectivity index (χ1) is 9.03. The molecule has 0 aliphatic carbocycles. The molecule has 0 fully saturated rings. The first-order valence-electron chi connectivity index (χ1n) is 5.35. The van der Waals surface area contributed by atoms with Crippen molar-refractivity contribution in [2.45, 2.75) is 4.90 Å². The second-order valence-corrected chi connectivity index (χ2v) is 5.84. The fourth-order valence-corrected chi connectivity index (χ4v) is 3.12. The third-order valence-electron chi connectivity index (χ3n) is 2.40. The van der Waals surface area contributed by atoms with E-state index in [4.69, 9.17) is 11.6 Å². The highest BCUT2D eigenvalue weighted by molar-refractivity contribution is 7.92. The van der Waals surface area contributed by atoms with E-state index in [0.29, 0.717) is 17.5 Å². The molecule has 0 unspecified atom stereocenters. The lowest BCUT2D eigenvalue weighted by atomic mass is 10.2. The molecule has 4 nitrogen and oxygen atoms in total. The van der Waals surface area contributed by atoms with Crippen LogP contribution in [0.1, 0.15) is 10.4 Å². The van der Waals surface area contributed by atoms with Crippen molar-refractivity contribution in [3.05, 3.63) is 59.1 Å². The summed E-state index contributed by atoms with van der Waals surface area (Å²) in [6.45, 7) is 0. The van der Waals surface area contributed by atoms with Crippen LogP contribution < -0.4 is 4.72 Å². The molecular weight excluding hydrogens is 286 g/mol. The van der Waals surface area contributed by atoms with Crippen LogP contribution >= 0.6 is 11.6 Å². The third-order valence-corrected chi connectivity index (χ3v) is 4.28. The molecule has 0 radical (unpaired) electrons. The molecule has 0 aliphatic rings. The van der Waals surface area contributed by atoms with Crippen LogP contribution in [-0.4, -0.2) is 14.7 Å². The van der Waals surface area contributed by atoms with Crippen LogP contribution in [0.3, 0.4) is 0 Å². The monoisotopic (exact) mass is 295 g/mol. The van der Waals surface area contributed by atoms with Crippen LogP contribution in [0.5, 0.6) is 0 Å². The number of halogens is 1. The van der Waals surface area contributed by atoms with Gasteiger partial charge in [0.1, 0.15) is 11.2 Å². The second kappa shape index (κ2) is 5.42. The minimum Gasteiger partial charge on any atom is -0.298 e. The lowest BCUT2D eigenvalue weighted by Crippen LogP contribution is -2.13. The number of benzene rings is 2. The van der Waals surface area contributed by atoms with Crippen LogP contribution in [-0.2, 0) is 10.0 Å². The smallest absolute Gasteiger partial charge is 0.263 e. The third kappa shape index (κ3) is 3.13. The van der Waals surface area contributed by atoms with Gasteiger partial charge in [0.2, 0.25) is 0 Å². The van der Waals surface area contributed by atoms with Gasteiger partial charge in [-0.2, -0.15) is 0 Å². The molecule has 2 aromatic carbocycles. The number of hydrogen-bond donors (Lipinski definition) is 1. The van der Waals surface area contributed by atoms with Crippen LogP contribution in [0.25, 0.3) is 0 Å². The Morgan fingerprint density at radius 3 is 2.47 bits per heavy atom. The largest absolute Gasteiger partial charge is 0.298 e. The highest BCUT2D eigenvalue weighted by Gasteiger charge is 2.17. The van der Waals surface area contributed by atoms with E-state index in [2.05, 4.69) is 4.72 Å². The number of hydrogen-bond acceptors (Lipinski definition) is 3. The standard InChI is InChI=1S/C13H10ClNO3S/c14-12-6-1-2-7-13(12)19(17,18)15-11-5-3-4-10(8-11)9-16/h1-9,15H. The molecule has 0 saturated heterocycles. The minimum absolute atomic E-state index is 0.00632. The Morgan fingerprint density at radius 2 is 1.79 bits per heavy atom. The zero-order valence-electron chi connectivity index (χ0n) is 9.71. The number of sulfonamides is 1. The maximum Gasteiger partial charge on any atom is 0.263 e. The van der Waals surface area contributed by atoms with Crippen LogP contribution in [0.2, 0.25) is 5.02 Å². The van der Waals surface area contributed by atoms with Gasteiger partial charge in [-0.15, -0.1) is 0 Å². The summed E-state index contributed by atoms with van der Waals surface area (Å²) in [6, 6.07) is 12.3. The topological polar surface area (TPSA) is 63.2 Å². The molecule has 98 valence electrons. The Labute approximate surface area is 116 Å². The molecule has 1 N–H and O–H groups in total. The number of carbonyl (C=O) groups is 1. The van der Waals surface area contributed by atoms with Gasteiger partial charge in [-0.1, -0.05) is 35.9 Å². The van der Waals surface area contributed by atoms with Gasteiger partial charge in [0, 0.05) is 11.3 Å². The van der Waals surface area contributed by atoms with E-state index in [1.54, 1.807) is 30.3 Å². The molecule has 19 heavy (non-hydrogen) atoms. The number of carbonyl (C=O) groups excluding carboxylic acids is 1. The molecule has 0 saturated carbocycles. The summed E-state index contributed by atoms with van der Waals surface area (Å²) >= 11 is 5.86. The van der Waals surface area contributed by atoms with Gasteiger partial charge in [0.05, 0.1) is 5.02 Å². The average Bonchev–Trinajstić information content (AvgIpc) is 2.38. The first kappa shape index (κ1) is 13.6. The summed E-state index contributed by atoms with van der Waals surface area (Å²) in [4.78, 5) is 10.6. The number of nitrogens with one attached hydrogen (secondary N) is 1. The predicted molar refractivity (Wildman–Crippen MR) is 74.1 cm³/mol. The van der Waals surface area contributed by atoms with Gasteiger partial charge in [-0.3, -0.25) is 9.52 Å². The van der Waals surface area contributed by atoms with Crippen LogP contribution in [0, 0.1) is 0 Å². The molecule has 0 bridgehead atoms. The molecule has 0 aromatic heterocycles. The summed E-state index contributed by atoms with van der Waals surface area (Å²) in [6.07, 6.45) is 0.646. The predicted octanol–water partition coefficient (Wildman–Crippen LogP) is 2.95. The Morgan fingerprint density at radius 1 is 1.05 bits per heavy atom. The SMILES string of the molecule is O=Cc1cccc(NS(=O)(=O)c2ccccc2Cl)c1. The van der Waals surface area contributed by atoms with Crippen molar-refractivity contribution in [3.8, 4) is 0 Å². The van der Waals surface area contributed by atoms with E-state index >= 15 is 0 Å². The van der Waals surface area contributed by atoms with Crippen molar-refractivity contribution >= 4 is 33.6 Å². The van der Waals surface area contributed by atoms with E-state index in [0.717, 1.165) is 0 Å². The van der Waals surface area contributed by atoms with Gasteiger partial charge < -0.3 is 0 Å². The Balaban J connectivity index is 2.36. The maximum absolute atomic E-state index is 12.1. The zero-order chi connectivity index (χ0) is 13.9. The molecular formula is C13H10ClNO3S. The lowest BCUT2D eigenvalue weighted by Gasteiger charge is -2.09. The molecule has 0 aliphatic heterocycles. The van der Waals surface area contributed by atoms with E-state index < -0.39 is 10.0 Å². The number of aldehydes is 1. The van der Waals surface area contributed by atoms with Crippen molar-refractivity contribution in [3.63, 3.8) is 0 Å². The second-order valence-electron chi connectivity index (χ2n) is 3.78. The van der Waals surface area contributed by atoms with Crippen molar-refractivity contribution in [2.24, 2.45) is 0 Å². The van der Waals surface area contributed by atoms with Gasteiger partial charge in [0.25, 0.3) is 10.0 Å². The molecule has 2 rings (SSSR count). The molecule has 0 amide bonds. The average molecular weight is 296 g/mol. The van der Waals surface area contributed by atoms with Crippen LogP contribution in [0.15, 0.2) is 53.4 Å². The molecule has 0 atom stereocenters. The maximum atomic E-state index is 12.1. The van der Waals surface area contributed by atoms with Gasteiger partial charge in [-0.25, -0.2) is 8.42 Å².